The van der Waals surface area contributed by atoms with Gasteiger partial charge in [0.2, 0.25) is 5.88 Å². The Morgan fingerprint density at radius 2 is 2.00 bits per heavy atom. The molecule has 1 aliphatic carbocycles. The van der Waals surface area contributed by atoms with Gasteiger partial charge in [-0.3, -0.25) is 0 Å². The van der Waals surface area contributed by atoms with E-state index in [1.165, 1.54) is 0 Å². The van der Waals surface area contributed by atoms with Gasteiger partial charge in [0.05, 0.1) is 12.1 Å². The van der Waals surface area contributed by atoms with Crippen molar-refractivity contribution in [2.45, 2.75) is 11.8 Å². The summed E-state index contributed by atoms with van der Waals surface area (Å²) in [6.45, 7) is 0.0635. The fourth-order valence-electron chi connectivity index (χ4n) is 1.55. The molecular weight excluding hydrogens is 278 g/mol. The summed E-state index contributed by atoms with van der Waals surface area (Å²) in [5.74, 6) is -7.02. The molecule has 0 aromatic heterocycles. The first-order valence-electron chi connectivity index (χ1n) is 5.45. The van der Waals surface area contributed by atoms with Gasteiger partial charge in [0.15, 0.2) is 12.0 Å². The topological polar surface area (TPSA) is 30.5 Å². The van der Waals surface area contributed by atoms with Crippen LogP contribution in [0.3, 0.4) is 0 Å². The SMILES string of the molecule is C#CCNC1=COC=C(C2=CC=CC(F)(F)C2(F)F)O1. The van der Waals surface area contributed by atoms with E-state index in [1.54, 1.807) is 0 Å². The van der Waals surface area contributed by atoms with Crippen molar-refractivity contribution in [2.75, 3.05) is 6.54 Å². The summed E-state index contributed by atoms with van der Waals surface area (Å²) >= 11 is 0. The van der Waals surface area contributed by atoms with Crippen molar-refractivity contribution in [3.63, 3.8) is 0 Å². The first-order valence-corrected chi connectivity index (χ1v) is 5.45. The van der Waals surface area contributed by atoms with Crippen LogP contribution < -0.4 is 5.32 Å². The highest BCUT2D eigenvalue weighted by atomic mass is 19.3. The van der Waals surface area contributed by atoms with Gasteiger partial charge in [0.25, 0.3) is 0 Å². The summed E-state index contributed by atoms with van der Waals surface area (Å²) in [5.41, 5.74) is -0.974. The Hall–Kier alpha value is -2.36. The summed E-state index contributed by atoms with van der Waals surface area (Å²) in [6, 6.07) is 0. The van der Waals surface area contributed by atoms with Crippen LogP contribution in [0.5, 0.6) is 0 Å². The van der Waals surface area contributed by atoms with Gasteiger partial charge in [0, 0.05) is 0 Å². The van der Waals surface area contributed by atoms with E-state index in [-0.39, 0.29) is 18.5 Å². The van der Waals surface area contributed by atoms with Crippen LogP contribution in [0.25, 0.3) is 0 Å². The van der Waals surface area contributed by atoms with Crippen molar-refractivity contribution in [1.29, 1.82) is 0 Å². The van der Waals surface area contributed by atoms with Crippen molar-refractivity contribution < 1.29 is 27.0 Å². The van der Waals surface area contributed by atoms with E-state index >= 15 is 0 Å². The monoisotopic (exact) mass is 287 g/mol. The minimum absolute atomic E-state index is 0.0463. The lowest BCUT2D eigenvalue weighted by molar-refractivity contribution is -0.156. The summed E-state index contributed by atoms with van der Waals surface area (Å²) in [4.78, 5) is 0. The molecule has 0 atom stereocenters. The molecule has 1 N–H and O–H groups in total. The van der Waals surface area contributed by atoms with E-state index in [2.05, 4.69) is 11.2 Å². The Labute approximate surface area is 112 Å². The lowest BCUT2D eigenvalue weighted by atomic mass is 9.95. The van der Waals surface area contributed by atoms with E-state index in [9.17, 15) is 17.6 Å². The van der Waals surface area contributed by atoms with E-state index in [0.29, 0.717) is 0 Å². The number of rotatable bonds is 3. The van der Waals surface area contributed by atoms with Crippen LogP contribution in [0.15, 0.2) is 48.0 Å². The molecule has 3 nitrogen and oxygen atoms in total. The number of halogens is 4. The summed E-state index contributed by atoms with van der Waals surface area (Å²) in [6.07, 6.45) is 8.72. The predicted octanol–water partition coefficient (Wildman–Crippen LogP) is 2.66. The second-order valence-electron chi connectivity index (χ2n) is 3.90. The molecule has 1 aliphatic heterocycles. The van der Waals surface area contributed by atoms with Gasteiger partial charge in [-0.25, -0.2) is 0 Å². The lowest BCUT2D eigenvalue weighted by Crippen LogP contribution is -2.43. The fraction of sp³-hybridized carbons (Fsp3) is 0.231. The normalized spacial score (nSPS) is 22.4. The van der Waals surface area contributed by atoms with E-state index in [0.717, 1.165) is 24.7 Å². The second-order valence-corrected chi connectivity index (χ2v) is 3.90. The van der Waals surface area contributed by atoms with Crippen LogP contribution in [-0.2, 0) is 9.47 Å². The summed E-state index contributed by atoms with van der Waals surface area (Å²) in [5, 5.41) is 2.55. The van der Waals surface area contributed by atoms with E-state index in [1.807, 2.05) is 0 Å². The number of allylic oxidation sites excluding steroid dienone is 4. The van der Waals surface area contributed by atoms with Gasteiger partial charge < -0.3 is 14.8 Å². The molecule has 20 heavy (non-hydrogen) atoms. The molecule has 0 saturated carbocycles. The third kappa shape index (κ3) is 2.37. The lowest BCUT2D eigenvalue weighted by Gasteiger charge is -2.30. The minimum atomic E-state index is -4.40. The molecule has 2 rings (SSSR count). The average molecular weight is 287 g/mol. The molecule has 0 spiro atoms. The molecule has 0 bridgehead atoms. The third-order valence-corrected chi connectivity index (χ3v) is 2.53. The Balaban J connectivity index is 2.21. The third-order valence-electron chi connectivity index (χ3n) is 2.53. The van der Waals surface area contributed by atoms with Gasteiger partial charge in [-0.1, -0.05) is 12.0 Å². The highest BCUT2D eigenvalue weighted by Gasteiger charge is 2.59. The number of nitrogens with one attached hydrogen (secondary N) is 1. The van der Waals surface area contributed by atoms with Gasteiger partial charge in [-0.2, -0.15) is 17.6 Å². The zero-order chi connectivity index (χ0) is 14.8. The van der Waals surface area contributed by atoms with Crippen molar-refractivity contribution in [2.24, 2.45) is 0 Å². The predicted molar refractivity (Wildman–Crippen MR) is 62.3 cm³/mol. The molecule has 7 heteroatoms. The van der Waals surface area contributed by atoms with Crippen LogP contribution in [0, 0.1) is 12.3 Å². The van der Waals surface area contributed by atoms with Crippen molar-refractivity contribution in [1.82, 2.24) is 5.32 Å². The number of hydrogen-bond acceptors (Lipinski definition) is 3. The molecule has 0 fully saturated rings. The summed E-state index contributed by atoms with van der Waals surface area (Å²) < 4.78 is 63.7. The smallest absolute Gasteiger partial charge is 0.342 e. The molecule has 1 heterocycles. The largest absolute Gasteiger partial charge is 0.463 e. The van der Waals surface area contributed by atoms with Crippen LogP contribution in [0.1, 0.15) is 0 Å². The van der Waals surface area contributed by atoms with Crippen LogP contribution in [0.4, 0.5) is 17.6 Å². The molecule has 2 aliphatic rings. The molecule has 0 saturated heterocycles. The zero-order valence-electron chi connectivity index (χ0n) is 10.00. The molecule has 0 amide bonds. The second kappa shape index (κ2) is 4.96. The Morgan fingerprint density at radius 3 is 2.70 bits per heavy atom. The van der Waals surface area contributed by atoms with Crippen LogP contribution in [0.2, 0.25) is 0 Å². The van der Waals surface area contributed by atoms with Gasteiger partial charge in [-0.15, -0.1) is 6.42 Å². The number of alkyl halides is 4. The minimum Gasteiger partial charge on any atom is -0.463 e. The standard InChI is InChI=1S/C13H9F4NO2/c1-2-6-18-11-8-19-7-10(20-11)9-4-3-5-12(14,15)13(9,16)17/h1,3-5,7-8,18H,6H2. The summed E-state index contributed by atoms with van der Waals surface area (Å²) in [7, 11) is 0. The fourth-order valence-corrected chi connectivity index (χ4v) is 1.55. The Bertz CT molecular complexity index is 567. The van der Waals surface area contributed by atoms with Crippen molar-refractivity contribution in [3.8, 4) is 12.3 Å². The van der Waals surface area contributed by atoms with E-state index in [4.69, 9.17) is 15.9 Å². The zero-order valence-corrected chi connectivity index (χ0v) is 10.00. The molecule has 106 valence electrons. The Kier molecular flexibility index (Phi) is 3.49. The maximum Gasteiger partial charge on any atom is 0.342 e. The highest BCUT2D eigenvalue weighted by molar-refractivity contribution is 5.42. The van der Waals surface area contributed by atoms with Crippen molar-refractivity contribution in [3.05, 3.63) is 48.0 Å². The van der Waals surface area contributed by atoms with Gasteiger partial charge in [0.1, 0.15) is 6.26 Å². The molecular formula is C13H9F4NO2. The maximum atomic E-state index is 13.7. The van der Waals surface area contributed by atoms with E-state index < -0.39 is 23.2 Å². The van der Waals surface area contributed by atoms with Gasteiger partial charge in [-0.05, 0) is 12.2 Å². The number of terminal acetylenes is 1. The molecule has 0 radical (unpaired) electrons. The van der Waals surface area contributed by atoms with Crippen LogP contribution in [-0.4, -0.2) is 18.4 Å². The highest BCUT2D eigenvalue weighted by Crippen LogP contribution is 2.46. The first-order chi connectivity index (χ1) is 9.38. The van der Waals surface area contributed by atoms with Crippen LogP contribution >= 0.6 is 0 Å². The van der Waals surface area contributed by atoms with Gasteiger partial charge >= 0.3 is 11.8 Å². The molecule has 0 unspecified atom stereocenters. The maximum absolute atomic E-state index is 13.7. The van der Waals surface area contributed by atoms with Crippen molar-refractivity contribution >= 4 is 0 Å². The number of hydrogen-bond donors (Lipinski definition) is 1. The first kappa shape index (κ1) is 14.1. The molecule has 0 aromatic rings. The quantitative estimate of drug-likeness (QED) is 0.639. The Morgan fingerprint density at radius 1 is 1.25 bits per heavy atom. The average Bonchev–Trinajstić information content (AvgIpc) is 2.40. The number of ether oxygens (including phenoxy) is 2. The molecule has 0 aromatic carbocycles.